The number of thiophene rings is 1. The highest BCUT2D eigenvalue weighted by Gasteiger charge is 2.23. The number of fused-ring (bicyclic) bond motifs is 1. The van der Waals surface area contributed by atoms with Crippen LogP contribution in [-0.2, 0) is 13.0 Å². The maximum atomic E-state index is 12.7. The lowest BCUT2D eigenvalue weighted by Crippen LogP contribution is -2.35. The molecule has 1 aliphatic rings. The number of amides is 1. The van der Waals surface area contributed by atoms with Crippen LogP contribution in [0.3, 0.4) is 0 Å². The van der Waals surface area contributed by atoms with E-state index in [9.17, 15) is 4.79 Å². The summed E-state index contributed by atoms with van der Waals surface area (Å²) >= 11 is 1.76. The van der Waals surface area contributed by atoms with Gasteiger partial charge in [0.05, 0.1) is 5.56 Å². The molecule has 1 aliphatic heterocycles. The van der Waals surface area contributed by atoms with Gasteiger partial charge in [0.2, 0.25) is 0 Å². The number of rotatable bonds is 1. The minimum atomic E-state index is -0.204. The molecule has 4 heteroatoms. The quantitative estimate of drug-likeness (QED) is 0.821. The Bertz CT molecular complexity index is 724. The number of hydrogen-bond acceptors (Lipinski definition) is 3. The van der Waals surface area contributed by atoms with Crippen molar-refractivity contribution in [2.45, 2.75) is 13.0 Å². The number of carbonyl (C=O) groups is 1. The van der Waals surface area contributed by atoms with Crippen LogP contribution in [-0.4, -0.2) is 29.1 Å². The van der Waals surface area contributed by atoms with Crippen LogP contribution in [0.1, 0.15) is 26.4 Å². The van der Waals surface area contributed by atoms with E-state index in [4.69, 9.17) is 5.11 Å². The van der Waals surface area contributed by atoms with Crippen molar-refractivity contribution in [1.82, 2.24) is 4.90 Å². The first-order chi connectivity index (χ1) is 10.3. The van der Waals surface area contributed by atoms with Crippen molar-refractivity contribution in [2.75, 3.05) is 13.2 Å². The Morgan fingerprint density at radius 1 is 1.33 bits per heavy atom. The standard InChI is InChI=1S/C17H15NO2S/c19-10-3-5-13-4-1-2-6-15(13)17(20)18-9-7-16-14(12-18)8-11-21-16/h1-2,4,6,8,11,19H,7,9-10,12H2. The van der Waals surface area contributed by atoms with Gasteiger partial charge in [-0.05, 0) is 35.6 Å². The summed E-state index contributed by atoms with van der Waals surface area (Å²) in [6.45, 7) is 1.21. The second kappa shape index (κ2) is 6.13. The molecule has 1 N–H and O–H groups in total. The minimum absolute atomic E-state index is 0.00897. The van der Waals surface area contributed by atoms with Gasteiger partial charge in [-0.2, -0.15) is 0 Å². The van der Waals surface area contributed by atoms with E-state index in [0.717, 1.165) is 13.0 Å². The minimum Gasteiger partial charge on any atom is -0.384 e. The molecular formula is C17H15NO2S. The Hall–Kier alpha value is -2.09. The molecule has 106 valence electrons. The third-order valence-electron chi connectivity index (χ3n) is 3.55. The van der Waals surface area contributed by atoms with Crippen molar-refractivity contribution in [3.8, 4) is 11.8 Å². The Balaban J connectivity index is 1.86. The molecule has 3 rings (SSSR count). The highest BCUT2D eigenvalue weighted by Crippen LogP contribution is 2.25. The van der Waals surface area contributed by atoms with Crippen molar-refractivity contribution >= 4 is 17.2 Å². The van der Waals surface area contributed by atoms with Crippen LogP contribution in [0.2, 0.25) is 0 Å². The molecule has 2 heterocycles. The summed E-state index contributed by atoms with van der Waals surface area (Å²) in [5.41, 5.74) is 2.53. The van der Waals surface area contributed by atoms with Gasteiger partial charge in [-0.15, -0.1) is 11.3 Å². The number of benzene rings is 1. The maximum Gasteiger partial charge on any atom is 0.255 e. The van der Waals surface area contributed by atoms with Gasteiger partial charge in [-0.1, -0.05) is 24.0 Å². The highest BCUT2D eigenvalue weighted by atomic mass is 32.1. The normalized spacial score (nSPS) is 13.3. The fraction of sp³-hybridized carbons (Fsp3) is 0.235. The van der Waals surface area contributed by atoms with Gasteiger partial charge >= 0.3 is 0 Å². The lowest BCUT2D eigenvalue weighted by molar-refractivity contribution is 0.0735. The second-order valence-electron chi connectivity index (χ2n) is 4.85. The van der Waals surface area contributed by atoms with Gasteiger partial charge < -0.3 is 10.0 Å². The molecule has 0 saturated heterocycles. The topological polar surface area (TPSA) is 40.5 Å². The van der Waals surface area contributed by atoms with Gasteiger partial charge in [0.25, 0.3) is 5.91 Å². The summed E-state index contributed by atoms with van der Waals surface area (Å²) < 4.78 is 0. The first-order valence-electron chi connectivity index (χ1n) is 6.83. The monoisotopic (exact) mass is 297 g/mol. The van der Waals surface area contributed by atoms with E-state index in [2.05, 4.69) is 23.3 Å². The van der Waals surface area contributed by atoms with Gasteiger partial charge in [-0.3, -0.25) is 4.79 Å². The summed E-state index contributed by atoms with van der Waals surface area (Å²) in [6.07, 6.45) is 0.920. The van der Waals surface area contributed by atoms with Gasteiger partial charge in [0.1, 0.15) is 6.61 Å². The predicted molar refractivity (Wildman–Crippen MR) is 83.2 cm³/mol. The molecule has 0 atom stereocenters. The third kappa shape index (κ3) is 2.85. The second-order valence-corrected chi connectivity index (χ2v) is 5.85. The van der Waals surface area contributed by atoms with Crippen LogP contribution >= 0.6 is 11.3 Å². The lowest BCUT2D eigenvalue weighted by atomic mass is 10.0. The zero-order chi connectivity index (χ0) is 14.7. The van der Waals surface area contributed by atoms with Crippen molar-refractivity contribution in [2.24, 2.45) is 0 Å². The average molecular weight is 297 g/mol. The Morgan fingerprint density at radius 2 is 2.19 bits per heavy atom. The molecule has 1 amide bonds. The van der Waals surface area contributed by atoms with E-state index >= 15 is 0 Å². The first-order valence-corrected chi connectivity index (χ1v) is 7.71. The van der Waals surface area contributed by atoms with Crippen LogP contribution in [0.15, 0.2) is 35.7 Å². The van der Waals surface area contributed by atoms with Crippen molar-refractivity contribution in [3.63, 3.8) is 0 Å². The van der Waals surface area contributed by atoms with Gasteiger partial charge in [-0.25, -0.2) is 0 Å². The molecular weight excluding hydrogens is 282 g/mol. The number of aliphatic hydroxyl groups excluding tert-OH is 1. The molecule has 1 aromatic heterocycles. The Labute approximate surface area is 127 Å². The summed E-state index contributed by atoms with van der Waals surface area (Å²) in [5, 5.41) is 10.9. The fourth-order valence-electron chi connectivity index (χ4n) is 2.51. The number of carbonyl (C=O) groups excluding carboxylic acids is 1. The maximum absolute atomic E-state index is 12.7. The fourth-order valence-corrected chi connectivity index (χ4v) is 3.40. The summed E-state index contributed by atoms with van der Waals surface area (Å²) in [5.74, 6) is 5.47. The summed E-state index contributed by atoms with van der Waals surface area (Å²) in [6, 6.07) is 9.41. The van der Waals surface area contributed by atoms with Crippen LogP contribution in [0, 0.1) is 11.8 Å². The number of hydrogen-bond donors (Lipinski definition) is 1. The highest BCUT2D eigenvalue weighted by molar-refractivity contribution is 7.10. The SMILES string of the molecule is O=C(c1ccccc1C#CCO)N1CCc2sccc2C1. The van der Waals surface area contributed by atoms with E-state index in [1.54, 1.807) is 17.4 Å². The van der Waals surface area contributed by atoms with Gasteiger partial charge in [0.15, 0.2) is 0 Å². The number of aliphatic hydroxyl groups is 1. The van der Waals surface area contributed by atoms with Crippen molar-refractivity contribution < 1.29 is 9.90 Å². The Morgan fingerprint density at radius 3 is 3.05 bits per heavy atom. The van der Waals surface area contributed by atoms with E-state index in [0.29, 0.717) is 17.7 Å². The molecule has 0 unspecified atom stereocenters. The van der Waals surface area contributed by atoms with E-state index in [1.165, 1.54) is 10.4 Å². The van der Waals surface area contributed by atoms with Crippen LogP contribution in [0.4, 0.5) is 0 Å². The number of nitrogens with zero attached hydrogens (tertiary/aromatic N) is 1. The van der Waals surface area contributed by atoms with E-state index in [-0.39, 0.29) is 12.5 Å². The molecule has 0 aliphatic carbocycles. The molecule has 21 heavy (non-hydrogen) atoms. The predicted octanol–water partition coefficient (Wildman–Crippen LogP) is 2.29. The van der Waals surface area contributed by atoms with Crippen LogP contribution in [0.5, 0.6) is 0 Å². The first kappa shape index (κ1) is 13.9. The smallest absolute Gasteiger partial charge is 0.255 e. The zero-order valence-electron chi connectivity index (χ0n) is 11.5. The van der Waals surface area contributed by atoms with Crippen LogP contribution in [0.25, 0.3) is 0 Å². The van der Waals surface area contributed by atoms with E-state index in [1.807, 2.05) is 23.1 Å². The average Bonchev–Trinajstić information content (AvgIpc) is 3.00. The Kier molecular flexibility index (Phi) is 4.05. The zero-order valence-corrected chi connectivity index (χ0v) is 12.3. The molecule has 2 aromatic rings. The molecule has 0 bridgehead atoms. The summed E-state index contributed by atoms with van der Waals surface area (Å²) in [7, 11) is 0. The third-order valence-corrected chi connectivity index (χ3v) is 4.58. The largest absolute Gasteiger partial charge is 0.384 e. The van der Waals surface area contributed by atoms with Crippen molar-refractivity contribution in [3.05, 3.63) is 57.3 Å². The van der Waals surface area contributed by atoms with E-state index < -0.39 is 0 Å². The molecule has 3 nitrogen and oxygen atoms in total. The molecule has 1 aromatic carbocycles. The molecule has 0 radical (unpaired) electrons. The molecule has 0 spiro atoms. The lowest BCUT2D eigenvalue weighted by Gasteiger charge is -2.27. The van der Waals surface area contributed by atoms with Crippen LogP contribution < -0.4 is 0 Å². The van der Waals surface area contributed by atoms with Crippen molar-refractivity contribution in [1.29, 1.82) is 0 Å². The molecule has 0 fully saturated rings. The molecule has 0 saturated carbocycles. The summed E-state index contributed by atoms with van der Waals surface area (Å²) in [4.78, 5) is 16.0. The van der Waals surface area contributed by atoms with Gasteiger partial charge in [0, 0.05) is 23.5 Å².